The minimum atomic E-state index is 0.0554. The fourth-order valence-corrected chi connectivity index (χ4v) is 2.15. The molecule has 3 nitrogen and oxygen atoms in total. The van der Waals surface area contributed by atoms with E-state index >= 15 is 0 Å². The minimum absolute atomic E-state index is 0.0554. The Morgan fingerprint density at radius 3 is 2.65 bits per heavy atom. The molecule has 0 fully saturated rings. The van der Waals surface area contributed by atoms with Crippen LogP contribution < -0.4 is 5.32 Å². The standard InChI is InChI=1S/C17H25N3/c1-14-6-5-7-15(10-14)8-9-18-11-16-12-19-20(13-16)17(2,3)4/h5-7,10,12-13,18H,8-9,11H2,1-4H3. The van der Waals surface area contributed by atoms with E-state index in [0.29, 0.717) is 0 Å². The molecule has 2 aromatic rings. The van der Waals surface area contributed by atoms with Crippen molar-refractivity contribution in [2.45, 2.75) is 46.2 Å². The highest BCUT2D eigenvalue weighted by molar-refractivity contribution is 5.22. The number of nitrogens with zero attached hydrogens (tertiary/aromatic N) is 2. The summed E-state index contributed by atoms with van der Waals surface area (Å²) in [5, 5.41) is 7.89. The molecule has 2 rings (SSSR count). The quantitative estimate of drug-likeness (QED) is 0.846. The highest BCUT2D eigenvalue weighted by Gasteiger charge is 2.13. The van der Waals surface area contributed by atoms with Gasteiger partial charge in [0.2, 0.25) is 0 Å². The SMILES string of the molecule is Cc1cccc(CCNCc2cnn(C(C)(C)C)c2)c1. The number of aromatic nitrogens is 2. The van der Waals surface area contributed by atoms with Crippen LogP contribution in [0.15, 0.2) is 36.7 Å². The van der Waals surface area contributed by atoms with Crippen molar-refractivity contribution in [3.63, 3.8) is 0 Å². The summed E-state index contributed by atoms with van der Waals surface area (Å²) in [6.45, 7) is 10.5. The third kappa shape index (κ3) is 4.20. The highest BCUT2D eigenvalue weighted by atomic mass is 15.3. The summed E-state index contributed by atoms with van der Waals surface area (Å²) in [7, 11) is 0. The number of rotatable bonds is 5. The maximum absolute atomic E-state index is 4.41. The molecule has 0 saturated carbocycles. The van der Waals surface area contributed by atoms with Crippen LogP contribution in [0.2, 0.25) is 0 Å². The third-order valence-corrected chi connectivity index (χ3v) is 3.33. The fraction of sp³-hybridized carbons (Fsp3) is 0.471. The zero-order valence-electron chi connectivity index (χ0n) is 13.0. The summed E-state index contributed by atoms with van der Waals surface area (Å²) < 4.78 is 2.02. The normalized spacial score (nSPS) is 11.8. The molecule has 0 aliphatic carbocycles. The molecule has 0 spiro atoms. The first-order chi connectivity index (χ1) is 9.45. The van der Waals surface area contributed by atoms with Gasteiger partial charge in [0.25, 0.3) is 0 Å². The van der Waals surface area contributed by atoms with Crippen LogP contribution in [-0.4, -0.2) is 16.3 Å². The van der Waals surface area contributed by atoms with Crippen LogP contribution in [0, 0.1) is 6.92 Å². The molecule has 0 aliphatic heterocycles. The van der Waals surface area contributed by atoms with Crippen LogP contribution in [0.3, 0.4) is 0 Å². The van der Waals surface area contributed by atoms with Crippen LogP contribution in [0.25, 0.3) is 0 Å². The van der Waals surface area contributed by atoms with Crippen molar-refractivity contribution in [3.8, 4) is 0 Å². The molecule has 1 N–H and O–H groups in total. The Morgan fingerprint density at radius 1 is 1.20 bits per heavy atom. The third-order valence-electron chi connectivity index (χ3n) is 3.33. The van der Waals surface area contributed by atoms with E-state index in [2.05, 4.69) is 68.6 Å². The van der Waals surface area contributed by atoms with E-state index in [1.807, 2.05) is 10.9 Å². The van der Waals surface area contributed by atoms with E-state index in [0.717, 1.165) is 19.5 Å². The van der Waals surface area contributed by atoms with Gasteiger partial charge < -0.3 is 5.32 Å². The number of hydrogen-bond acceptors (Lipinski definition) is 2. The molecular formula is C17H25N3. The lowest BCUT2D eigenvalue weighted by Crippen LogP contribution is -2.22. The van der Waals surface area contributed by atoms with E-state index in [9.17, 15) is 0 Å². The van der Waals surface area contributed by atoms with Crippen LogP contribution >= 0.6 is 0 Å². The second-order valence-electron chi connectivity index (χ2n) is 6.38. The van der Waals surface area contributed by atoms with Gasteiger partial charge in [-0.15, -0.1) is 0 Å². The summed E-state index contributed by atoms with van der Waals surface area (Å²) in [5.41, 5.74) is 4.01. The van der Waals surface area contributed by atoms with Crippen molar-refractivity contribution < 1.29 is 0 Å². The predicted molar refractivity (Wildman–Crippen MR) is 83.8 cm³/mol. The van der Waals surface area contributed by atoms with E-state index < -0.39 is 0 Å². The number of nitrogens with one attached hydrogen (secondary N) is 1. The first-order valence-electron chi connectivity index (χ1n) is 7.25. The van der Waals surface area contributed by atoms with Crippen LogP contribution in [-0.2, 0) is 18.5 Å². The van der Waals surface area contributed by atoms with Crippen molar-refractivity contribution in [3.05, 3.63) is 53.3 Å². The first-order valence-corrected chi connectivity index (χ1v) is 7.25. The van der Waals surface area contributed by atoms with Gasteiger partial charge in [0.15, 0.2) is 0 Å². The Hall–Kier alpha value is -1.61. The molecule has 0 aliphatic rings. The Labute approximate surface area is 122 Å². The number of hydrogen-bond donors (Lipinski definition) is 1. The molecule has 0 atom stereocenters. The molecule has 1 aromatic heterocycles. The zero-order valence-corrected chi connectivity index (χ0v) is 13.0. The fourth-order valence-electron chi connectivity index (χ4n) is 2.15. The monoisotopic (exact) mass is 271 g/mol. The van der Waals surface area contributed by atoms with Crippen LogP contribution in [0.4, 0.5) is 0 Å². The van der Waals surface area contributed by atoms with Gasteiger partial charge in [-0.3, -0.25) is 4.68 Å². The van der Waals surface area contributed by atoms with E-state index in [1.165, 1.54) is 16.7 Å². The molecule has 3 heteroatoms. The first kappa shape index (κ1) is 14.8. The molecule has 0 bridgehead atoms. The Balaban J connectivity index is 1.77. The lowest BCUT2D eigenvalue weighted by atomic mass is 10.1. The maximum Gasteiger partial charge on any atom is 0.0543 e. The van der Waals surface area contributed by atoms with Gasteiger partial charge in [-0.2, -0.15) is 5.10 Å². The van der Waals surface area contributed by atoms with Gasteiger partial charge in [-0.25, -0.2) is 0 Å². The van der Waals surface area contributed by atoms with Gasteiger partial charge in [-0.05, 0) is 46.2 Å². The second kappa shape index (κ2) is 6.23. The Bertz CT molecular complexity index is 549. The lowest BCUT2D eigenvalue weighted by Gasteiger charge is -2.18. The predicted octanol–water partition coefficient (Wildman–Crippen LogP) is 3.28. The van der Waals surface area contributed by atoms with Crippen molar-refractivity contribution in [1.82, 2.24) is 15.1 Å². The van der Waals surface area contributed by atoms with Gasteiger partial charge in [-0.1, -0.05) is 29.8 Å². The van der Waals surface area contributed by atoms with Gasteiger partial charge in [0.05, 0.1) is 11.7 Å². The summed E-state index contributed by atoms with van der Waals surface area (Å²) in [6.07, 6.45) is 5.14. The highest BCUT2D eigenvalue weighted by Crippen LogP contribution is 2.13. The molecule has 0 amide bonds. The maximum atomic E-state index is 4.41. The van der Waals surface area contributed by atoms with E-state index in [-0.39, 0.29) is 5.54 Å². The lowest BCUT2D eigenvalue weighted by molar-refractivity contribution is 0.355. The Morgan fingerprint density at radius 2 is 2.00 bits per heavy atom. The number of benzene rings is 1. The van der Waals surface area contributed by atoms with Crippen molar-refractivity contribution >= 4 is 0 Å². The number of aryl methyl sites for hydroxylation is 1. The van der Waals surface area contributed by atoms with E-state index in [1.54, 1.807) is 0 Å². The Kier molecular flexibility index (Phi) is 4.61. The van der Waals surface area contributed by atoms with Crippen LogP contribution in [0.1, 0.15) is 37.5 Å². The van der Waals surface area contributed by atoms with Gasteiger partial charge >= 0.3 is 0 Å². The zero-order chi connectivity index (χ0) is 14.6. The molecule has 1 heterocycles. The smallest absolute Gasteiger partial charge is 0.0543 e. The summed E-state index contributed by atoms with van der Waals surface area (Å²) in [6, 6.07) is 8.70. The summed E-state index contributed by atoms with van der Waals surface area (Å²) in [5.74, 6) is 0. The van der Waals surface area contributed by atoms with Crippen molar-refractivity contribution in [1.29, 1.82) is 0 Å². The average molecular weight is 271 g/mol. The van der Waals surface area contributed by atoms with Crippen molar-refractivity contribution in [2.75, 3.05) is 6.54 Å². The van der Waals surface area contributed by atoms with Crippen LogP contribution in [0.5, 0.6) is 0 Å². The topological polar surface area (TPSA) is 29.9 Å². The average Bonchev–Trinajstić information content (AvgIpc) is 2.83. The molecule has 1 aromatic carbocycles. The molecular weight excluding hydrogens is 246 g/mol. The molecule has 0 radical (unpaired) electrons. The van der Waals surface area contributed by atoms with E-state index in [4.69, 9.17) is 0 Å². The van der Waals surface area contributed by atoms with Crippen molar-refractivity contribution in [2.24, 2.45) is 0 Å². The molecule has 108 valence electrons. The summed E-state index contributed by atoms with van der Waals surface area (Å²) >= 11 is 0. The van der Waals surface area contributed by atoms with Gasteiger partial charge in [0.1, 0.15) is 0 Å². The minimum Gasteiger partial charge on any atom is -0.312 e. The molecule has 0 unspecified atom stereocenters. The largest absolute Gasteiger partial charge is 0.312 e. The molecule has 20 heavy (non-hydrogen) atoms. The molecule has 0 saturated heterocycles. The second-order valence-corrected chi connectivity index (χ2v) is 6.38. The summed E-state index contributed by atoms with van der Waals surface area (Å²) in [4.78, 5) is 0. The van der Waals surface area contributed by atoms with Gasteiger partial charge in [0, 0.05) is 18.3 Å².